The SMILES string of the molecule is CCN(c1cc(OC2CC(C)C2)cc(C(=O)NCc2c(C)cc(C)[nH]c2=O)c1C)C1CCOCC1. The second kappa shape index (κ2) is 10.9. The average Bonchev–Trinajstić information content (AvgIpc) is 2.80. The van der Waals surface area contributed by atoms with Crippen LogP contribution in [0.15, 0.2) is 23.0 Å². The summed E-state index contributed by atoms with van der Waals surface area (Å²) in [6.07, 6.45) is 4.21. The molecule has 1 saturated carbocycles. The molecule has 1 aliphatic carbocycles. The first-order valence-electron chi connectivity index (χ1n) is 12.9. The molecule has 1 aliphatic heterocycles. The molecule has 0 atom stereocenters. The minimum Gasteiger partial charge on any atom is -0.490 e. The molecule has 1 aromatic heterocycles. The molecular weight excluding hydrogens is 442 g/mol. The van der Waals surface area contributed by atoms with Gasteiger partial charge >= 0.3 is 0 Å². The molecule has 7 heteroatoms. The molecule has 2 aliphatic rings. The molecular formula is C28H39N3O4. The summed E-state index contributed by atoms with van der Waals surface area (Å²) < 4.78 is 11.9. The molecule has 2 aromatic rings. The first-order chi connectivity index (χ1) is 16.8. The van der Waals surface area contributed by atoms with Crippen LogP contribution in [0.25, 0.3) is 0 Å². The molecule has 1 aromatic carbocycles. The number of carbonyl (C=O) groups excluding carboxylic acids is 1. The molecule has 190 valence electrons. The van der Waals surface area contributed by atoms with Crippen molar-refractivity contribution in [1.82, 2.24) is 10.3 Å². The van der Waals surface area contributed by atoms with Gasteiger partial charge in [-0.3, -0.25) is 9.59 Å². The summed E-state index contributed by atoms with van der Waals surface area (Å²) in [6, 6.07) is 6.26. The van der Waals surface area contributed by atoms with Crippen molar-refractivity contribution in [3.05, 3.63) is 56.5 Å². The Hall–Kier alpha value is -2.80. The Bertz CT molecular complexity index is 1110. The van der Waals surface area contributed by atoms with Gasteiger partial charge in [0.1, 0.15) is 5.75 Å². The Morgan fingerprint density at radius 1 is 1.17 bits per heavy atom. The van der Waals surface area contributed by atoms with Crippen LogP contribution in [0.5, 0.6) is 5.75 Å². The zero-order valence-corrected chi connectivity index (χ0v) is 21.7. The van der Waals surface area contributed by atoms with Gasteiger partial charge in [-0.2, -0.15) is 0 Å². The van der Waals surface area contributed by atoms with Crippen molar-refractivity contribution in [3.63, 3.8) is 0 Å². The van der Waals surface area contributed by atoms with Crippen LogP contribution in [0.3, 0.4) is 0 Å². The largest absolute Gasteiger partial charge is 0.490 e. The van der Waals surface area contributed by atoms with E-state index in [1.54, 1.807) is 0 Å². The number of H-pyrrole nitrogens is 1. The zero-order valence-electron chi connectivity index (χ0n) is 21.7. The van der Waals surface area contributed by atoms with Crippen LogP contribution in [-0.4, -0.2) is 42.8 Å². The molecule has 0 bridgehead atoms. The summed E-state index contributed by atoms with van der Waals surface area (Å²) in [7, 11) is 0. The van der Waals surface area contributed by atoms with E-state index in [-0.39, 0.29) is 24.1 Å². The van der Waals surface area contributed by atoms with Crippen molar-refractivity contribution >= 4 is 11.6 Å². The second-order valence-electron chi connectivity index (χ2n) is 10.2. The monoisotopic (exact) mass is 481 g/mol. The first kappa shape index (κ1) is 25.3. The van der Waals surface area contributed by atoms with Gasteiger partial charge in [0.05, 0.1) is 6.10 Å². The molecule has 1 saturated heterocycles. The minimum atomic E-state index is -0.196. The van der Waals surface area contributed by atoms with Crippen molar-refractivity contribution in [2.45, 2.75) is 79.0 Å². The highest BCUT2D eigenvalue weighted by Crippen LogP contribution is 2.36. The maximum atomic E-state index is 13.4. The molecule has 4 rings (SSSR count). The maximum absolute atomic E-state index is 13.4. The number of amides is 1. The van der Waals surface area contributed by atoms with Gasteiger partial charge in [-0.25, -0.2) is 0 Å². The van der Waals surface area contributed by atoms with Crippen LogP contribution < -0.4 is 20.5 Å². The third kappa shape index (κ3) is 5.72. The topological polar surface area (TPSA) is 83.7 Å². The van der Waals surface area contributed by atoms with E-state index in [9.17, 15) is 9.59 Å². The molecule has 0 radical (unpaired) electrons. The van der Waals surface area contributed by atoms with Crippen molar-refractivity contribution in [1.29, 1.82) is 0 Å². The first-order valence-corrected chi connectivity index (χ1v) is 12.9. The number of aryl methyl sites for hydroxylation is 2. The predicted octanol–water partition coefficient (Wildman–Crippen LogP) is 4.41. The minimum absolute atomic E-state index is 0.159. The van der Waals surface area contributed by atoms with Gasteiger partial charge in [-0.15, -0.1) is 0 Å². The Morgan fingerprint density at radius 3 is 2.51 bits per heavy atom. The fraction of sp³-hybridized carbons (Fsp3) is 0.571. The lowest BCUT2D eigenvalue weighted by Gasteiger charge is -2.37. The third-order valence-corrected chi connectivity index (χ3v) is 7.43. The van der Waals surface area contributed by atoms with Gasteiger partial charge in [0.2, 0.25) is 0 Å². The lowest BCUT2D eigenvalue weighted by molar-refractivity contribution is 0.0734. The smallest absolute Gasteiger partial charge is 0.253 e. The fourth-order valence-electron chi connectivity index (χ4n) is 5.38. The van der Waals surface area contributed by atoms with E-state index in [0.29, 0.717) is 23.1 Å². The lowest BCUT2D eigenvalue weighted by Crippen LogP contribution is -2.40. The Balaban J connectivity index is 1.63. The van der Waals surface area contributed by atoms with Crippen LogP contribution in [0, 0.1) is 26.7 Å². The molecule has 2 heterocycles. The molecule has 0 unspecified atom stereocenters. The van der Waals surface area contributed by atoms with Crippen LogP contribution >= 0.6 is 0 Å². The molecule has 1 amide bonds. The van der Waals surface area contributed by atoms with Gasteiger partial charge < -0.3 is 24.7 Å². The van der Waals surface area contributed by atoms with Gasteiger partial charge in [0.15, 0.2) is 0 Å². The van der Waals surface area contributed by atoms with Crippen molar-refractivity contribution in [2.24, 2.45) is 5.92 Å². The normalized spacial score (nSPS) is 20.3. The summed E-state index contributed by atoms with van der Waals surface area (Å²) in [4.78, 5) is 31.1. The van der Waals surface area contributed by atoms with Gasteiger partial charge in [0.25, 0.3) is 11.5 Å². The number of benzene rings is 1. The van der Waals surface area contributed by atoms with Crippen LogP contribution in [0.2, 0.25) is 0 Å². The van der Waals surface area contributed by atoms with E-state index in [0.717, 1.165) is 73.7 Å². The summed E-state index contributed by atoms with van der Waals surface area (Å²) in [6.45, 7) is 12.7. The van der Waals surface area contributed by atoms with E-state index >= 15 is 0 Å². The maximum Gasteiger partial charge on any atom is 0.253 e. The number of rotatable bonds is 8. The van der Waals surface area contributed by atoms with E-state index in [4.69, 9.17) is 9.47 Å². The number of hydrogen-bond donors (Lipinski definition) is 2. The molecule has 7 nitrogen and oxygen atoms in total. The number of hydrogen-bond acceptors (Lipinski definition) is 5. The molecule has 2 N–H and O–H groups in total. The van der Waals surface area contributed by atoms with E-state index in [1.165, 1.54) is 0 Å². The predicted molar refractivity (Wildman–Crippen MR) is 139 cm³/mol. The average molecular weight is 482 g/mol. The number of pyridine rings is 1. The summed E-state index contributed by atoms with van der Waals surface area (Å²) in [5, 5.41) is 2.98. The number of nitrogens with zero attached hydrogens (tertiary/aromatic N) is 1. The number of aromatic nitrogens is 1. The molecule has 2 fully saturated rings. The fourth-order valence-corrected chi connectivity index (χ4v) is 5.38. The van der Waals surface area contributed by atoms with Crippen molar-refractivity contribution in [2.75, 3.05) is 24.7 Å². The van der Waals surface area contributed by atoms with E-state index < -0.39 is 0 Å². The summed E-state index contributed by atoms with van der Waals surface area (Å²) in [5.41, 5.74) is 4.67. The standard InChI is InChI=1S/C28H39N3O4/c1-6-31(21-7-9-34-10-8-21)26-15-23(35-22-11-17(2)12-22)14-24(20(26)5)27(32)29-16-25-18(3)13-19(4)30-28(25)33/h13-15,17,21-22H,6-12,16H2,1-5H3,(H,29,32)(H,30,33). The van der Waals surface area contributed by atoms with Gasteiger partial charge in [0, 0.05) is 60.9 Å². The highest BCUT2D eigenvalue weighted by Gasteiger charge is 2.29. The lowest BCUT2D eigenvalue weighted by atomic mass is 9.84. The Morgan fingerprint density at radius 2 is 1.89 bits per heavy atom. The van der Waals surface area contributed by atoms with Gasteiger partial charge in [-0.05, 0) is 82.6 Å². The molecule has 0 spiro atoms. The zero-order chi connectivity index (χ0) is 25.1. The number of nitrogens with one attached hydrogen (secondary N) is 2. The van der Waals surface area contributed by atoms with Crippen LogP contribution in [0.4, 0.5) is 5.69 Å². The molecule has 35 heavy (non-hydrogen) atoms. The number of ether oxygens (including phenoxy) is 2. The summed E-state index contributed by atoms with van der Waals surface area (Å²) in [5.74, 6) is 1.22. The van der Waals surface area contributed by atoms with E-state index in [2.05, 4.69) is 35.1 Å². The number of anilines is 1. The Kier molecular flexibility index (Phi) is 7.85. The highest BCUT2D eigenvalue weighted by molar-refractivity contribution is 5.97. The number of carbonyl (C=O) groups is 1. The van der Waals surface area contributed by atoms with Crippen LogP contribution in [-0.2, 0) is 11.3 Å². The van der Waals surface area contributed by atoms with Crippen molar-refractivity contribution < 1.29 is 14.3 Å². The summed E-state index contributed by atoms with van der Waals surface area (Å²) >= 11 is 0. The second-order valence-corrected chi connectivity index (χ2v) is 10.2. The highest BCUT2D eigenvalue weighted by atomic mass is 16.5. The quantitative estimate of drug-likeness (QED) is 0.583. The van der Waals surface area contributed by atoms with Crippen molar-refractivity contribution in [3.8, 4) is 5.75 Å². The van der Waals surface area contributed by atoms with Crippen LogP contribution in [0.1, 0.15) is 72.3 Å². The number of aromatic amines is 1. The van der Waals surface area contributed by atoms with Gasteiger partial charge in [-0.1, -0.05) is 6.92 Å². The van der Waals surface area contributed by atoms with E-state index in [1.807, 2.05) is 32.9 Å². The Labute approximate surface area is 208 Å². The third-order valence-electron chi connectivity index (χ3n) is 7.43.